The van der Waals surface area contributed by atoms with Crippen molar-refractivity contribution in [2.24, 2.45) is 0 Å². The minimum atomic E-state index is -3.91. The molecule has 9 heteroatoms. The minimum Gasteiger partial charge on any atom is -0.341 e. The normalized spacial score (nSPS) is 18.0. The van der Waals surface area contributed by atoms with E-state index in [1.807, 2.05) is 24.3 Å². The summed E-state index contributed by atoms with van der Waals surface area (Å²) < 4.78 is 28.3. The predicted molar refractivity (Wildman–Crippen MR) is 105 cm³/mol. The molecule has 4 rings (SSSR count). The van der Waals surface area contributed by atoms with Crippen LogP contribution in [0.5, 0.6) is 0 Å². The van der Waals surface area contributed by atoms with Gasteiger partial charge in [-0.05, 0) is 49.9 Å². The molecule has 2 aromatic carbocycles. The number of nitrogens with one attached hydrogen (secondary N) is 1. The van der Waals surface area contributed by atoms with E-state index in [-0.39, 0.29) is 10.6 Å². The molecule has 0 unspecified atom stereocenters. The number of H-pyrrole nitrogens is 1. The molecular weight excluding hydrogens is 380 g/mol. The van der Waals surface area contributed by atoms with Gasteiger partial charge in [0.15, 0.2) is 0 Å². The van der Waals surface area contributed by atoms with Crippen molar-refractivity contribution in [3.05, 3.63) is 63.5 Å². The number of aromatic nitrogens is 2. The third-order valence-corrected chi connectivity index (χ3v) is 7.36. The molecule has 1 aliphatic heterocycles. The molecular formula is C19H20N4O4S. The molecule has 28 heavy (non-hydrogen) atoms. The van der Waals surface area contributed by atoms with Crippen molar-refractivity contribution in [2.75, 3.05) is 6.54 Å². The van der Waals surface area contributed by atoms with E-state index in [1.54, 1.807) is 13.8 Å². The highest BCUT2D eigenvalue weighted by Gasteiger charge is 2.39. The fourth-order valence-corrected chi connectivity index (χ4v) is 5.72. The number of rotatable bonds is 4. The second kappa shape index (κ2) is 6.68. The van der Waals surface area contributed by atoms with Crippen LogP contribution < -0.4 is 0 Å². The average molecular weight is 400 g/mol. The van der Waals surface area contributed by atoms with Crippen molar-refractivity contribution in [3.8, 4) is 0 Å². The lowest BCUT2D eigenvalue weighted by atomic mass is 10.1. The molecule has 0 saturated carbocycles. The summed E-state index contributed by atoms with van der Waals surface area (Å²) in [5.74, 6) is 0.599. The Balaban J connectivity index is 1.79. The van der Waals surface area contributed by atoms with E-state index in [0.717, 1.165) is 17.1 Å². The summed E-state index contributed by atoms with van der Waals surface area (Å²) in [5.41, 5.74) is 2.52. The van der Waals surface area contributed by atoms with Gasteiger partial charge in [-0.15, -0.1) is 0 Å². The summed E-state index contributed by atoms with van der Waals surface area (Å²) in [4.78, 5) is 18.4. The van der Waals surface area contributed by atoms with Crippen molar-refractivity contribution in [1.29, 1.82) is 0 Å². The van der Waals surface area contributed by atoms with Crippen molar-refractivity contribution in [3.63, 3.8) is 0 Å². The van der Waals surface area contributed by atoms with Gasteiger partial charge in [0.25, 0.3) is 5.69 Å². The number of aromatic amines is 1. The van der Waals surface area contributed by atoms with Gasteiger partial charge in [0, 0.05) is 18.7 Å². The molecule has 8 nitrogen and oxygen atoms in total. The zero-order valence-corrected chi connectivity index (χ0v) is 16.4. The fourth-order valence-electron chi connectivity index (χ4n) is 3.74. The Kier molecular flexibility index (Phi) is 4.43. The summed E-state index contributed by atoms with van der Waals surface area (Å²) in [7, 11) is -3.91. The molecule has 1 aromatic heterocycles. The van der Waals surface area contributed by atoms with Gasteiger partial charge in [-0.1, -0.05) is 12.1 Å². The van der Waals surface area contributed by atoms with Crippen LogP contribution in [0.2, 0.25) is 0 Å². The Morgan fingerprint density at radius 2 is 2.00 bits per heavy atom. The van der Waals surface area contributed by atoms with Gasteiger partial charge in [-0.25, -0.2) is 13.4 Å². The number of hydrogen-bond acceptors (Lipinski definition) is 5. The second-order valence-corrected chi connectivity index (χ2v) is 8.91. The molecule has 1 atom stereocenters. The zero-order valence-electron chi connectivity index (χ0n) is 15.5. The van der Waals surface area contributed by atoms with E-state index >= 15 is 0 Å². The van der Waals surface area contributed by atoms with Crippen LogP contribution in [0.15, 0.2) is 41.3 Å². The van der Waals surface area contributed by atoms with Crippen LogP contribution in [0, 0.1) is 24.0 Å². The molecule has 2 heterocycles. The zero-order chi connectivity index (χ0) is 20.1. The highest BCUT2D eigenvalue weighted by Crippen LogP contribution is 2.38. The van der Waals surface area contributed by atoms with E-state index in [0.29, 0.717) is 36.3 Å². The van der Waals surface area contributed by atoms with E-state index in [4.69, 9.17) is 0 Å². The molecule has 146 valence electrons. The van der Waals surface area contributed by atoms with Gasteiger partial charge < -0.3 is 4.98 Å². The van der Waals surface area contributed by atoms with Crippen LogP contribution in [0.25, 0.3) is 11.0 Å². The first-order chi connectivity index (χ1) is 13.3. The summed E-state index contributed by atoms with van der Waals surface area (Å²) in [6.45, 7) is 3.71. The number of non-ortho nitro benzene ring substituents is 1. The molecule has 1 N–H and O–H groups in total. The highest BCUT2D eigenvalue weighted by atomic mass is 32.2. The number of fused-ring (bicyclic) bond motifs is 1. The van der Waals surface area contributed by atoms with Crippen LogP contribution in [-0.4, -0.2) is 34.2 Å². The van der Waals surface area contributed by atoms with Gasteiger partial charge in [0.1, 0.15) is 5.82 Å². The third kappa shape index (κ3) is 2.96. The summed E-state index contributed by atoms with van der Waals surface area (Å²) in [6, 6.07) is 9.68. The number of imidazole rings is 1. The lowest BCUT2D eigenvalue weighted by Crippen LogP contribution is -2.31. The maximum absolute atomic E-state index is 13.4. The third-order valence-electron chi connectivity index (χ3n) is 5.33. The smallest absolute Gasteiger partial charge is 0.271 e. The Morgan fingerprint density at radius 3 is 2.71 bits per heavy atom. The van der Waals surface area contributed by atoms with Crippen LogP contribution in [-0.2, 0) is 10.0 Å². The standard InChI is InChI=1S/C19H20N4O4S/c1-12-10-14(23(24)25)11-18(13(12)2)28(26,27)22-9-5-8-17(22)19-20-15-6-3-4-7-16(15)21-19/h3-4,6-7,10-11,17H,5,8-9H2,1-2H3,(H,20,21)/t17-/m1/s1. The molecule has 1 aliphatic rings. The topological polar surface area (TPSA) is 109 Å². The monoisotopic (exact) mass is 400 g/mol. The van der Waals surface area contributed by atoms with Crippen molar-refractivity contribution in [2.45, 2.75) is 37.6 Å². The number of nitrogens with zero attached hydrogens (tertiary/aromatic N) is 3. The SMILES string of the molecule is Cc1cc([N+](=O)[O-])cc(S(=O)(=O)N2CCC[C@@H]2c2nc3ccccc3[nH]2)c1C. The van der Waals surface area contributed by atoms with Gasteiger partial charge in [0.2, 0.25) is 10.0 Å². The maximum atomic E-state index is 13.4. The number of sulfonamides is 1. The number of aryl methyl sites for hydroxylation is 1. The van der Waals surface area contributed by atoms with Crippen molar-refractivity contribution in [1.82, 2.24) is 14.3 Å². The summed E-state index contributed by atoms with van der Waals surface area (Å²) >= 11 is 0. The number of benzene rings is 2. The molecule has 3 aromatic rings. The number of hydrogen-bond donors (Lipinski definition) is 1. The molecule has 0 spiro atoms. The number of nitro benzene ring substituents is 1. The largest absolute Gasteiger partial charge is 0.341 e. The average Bonchev–Trinajstić information content (AvgIpc) is 3.30. The minimum absolute atomic E-state index is 0.0118. The number of para-hydroxylation sites is 2. The van der Waals surface area contributed by atoms with Crippen LogP contribution >= 0.6 is 0 Å². The molecule has 0 amide bonds. The van der Waals surface area contributed by atoms with Gasteiger partial charge in [0.05, 0.1) is 26.9 Å². The van der Waals surface area contributed by atoms with E-state index in [1.165, 1.54) is 10.4 Å². The first kappa shape index (κ1) is 18.6. The van der Waals surface area contributed by atoms with E-state index < -0.39 is 21.0 Å². The van der Waals surface area contributed by atoms with Crippen LogP contribution in [0.3, 0.4) is 0 Å². The highest BCUT2D eigenvalue weighted by molar-refractivity contribution is 7.89. The van der Waals surface area contributed by atoms with Crippen molar-refractivity contribution < 1.29 is 13.3 Å². The van der Waals surface area contributed by atoms with E-state index in [2.05, 4.69) is 9.97 Å². The molecule has 0 bridgehead atoms. The van der Waals surface area contributed by atoms with E-state index in [9.17, 15) is 18.5 Å². The Morgan fingerprint density at radius 1 is 1.25 bits per heavy atom. The molecule has 1 fully saturated rings. The molecule has 1 saturated heterocycles. The molecule has 0 radical (unpaired) electrons. The predicted octanol–water partition coefficient (Wildman–Crippen LogP) is 3.61. The van der Waals surface area contributed by atoms with Crippen LogP contribution in [0.4, 0.5) is 5.69 Å². The second-order valence-electron chi connectivity index (χ2n) is 7.06. The number of nitro groups is 1. The van der Waals surface area contributed by atoms with Gasteiger partial charge in [-0.3, -0.25) is 10.1 Å². The van der Waals surface area contributed by atoms with Gasteiger partial charge in [-0.2, -0.15) is 4.31 Å². The van der Waals surface area contributed by atoms with Gasteiger partial charge >= 0.3 is 0 Å². The Labute approximate surface area is 162 Å². The lowest BCUT2D eigenvalue weighted by Gasteiger charge is -2.24. The molecule has 0 aliphatic carbocycles. The quantitative estimate of drug-likeness (QED) is 0.531. The van der Waals surface area contributed by atoms with Crippen molar-refractivity contribution >= 4 is 26.7 Å². The summed E-state index contributed by atoms with van der Waals surface area (Å²) in [5, 5.41) is 11.2. The Bertz CT molecular complexity index is 1150. The summed E-state index contributed by atoms with van der Waals surface area (Å²) in [6.07, 6.45) is 1.35. The van der Waals surface area contributed by atoms with Crippen LogP contribution in [0.1, 0.15) is 35.8 Å². The Hall–Kier alpha value is -2.78. The maximum Gasteiger partial charge on any atom is 0.271 e. The fraction of sp³-hybridized carbons (Fsp3) is 0.316. The first-order valence-corrected chi connectivity index (χ1v) is 10.4. The first-order valence-electron chi connectivity index (χ1n) is 9.01. The lowest BCUT2D eigenvalue weighted by molar-refractivity contribution is -0.385.